The molecule has 2 aromatic rings. The molecule has 0 amide bonds. The predicted molar refractivity (Wildman–Crippen MR) is 77.9 cm³/mol. The zero-order valence-electron chi connectivity index (χ0n) is 10.9. The van der Waals surface area contributed by atoms with Gasteiger partial charge in [-0.15, -0.1) is 0 Å². The van der Waals surface area contributed by atoms with Gasteiger partial charge < -0.3 is 15.2 Å². The normalized spacial score (nSPS) is 9.85. The van der Waals surface area contributed by atoms with Gasteiger partial charge in [0.2, 0.25) is 0 Å². The molecule has 4 nitrogen and oxygen atoms in total. The summed E-state index contributed by atoms with van der Waals surface area (Å²) in [5.41, 5.74) is 7.49. The lowest BCUT2D eigenvalue weighted by Gasteiger charge is -2.11. The highest BCUT2D eigenvalue weighted by Crippen LogP contribution is 2.26. The molecule has 0 saturated heterocycles. The summed E-state index contributed by atoms with van der Waals surface area (Å²) in [6.07, 6.45) is 0. The fourth-order valence-electron chi connectivity index (χ4n) is 1.72. The Hall–Kier alpha value is -2.38. The lowest BCUT2D eigenvalue weighted by Crippen LogP contribution is -2.00. The molecule has 20 heavy (non-hydrogen) atoms. The third-order valence-corrected chi connectivity index (χ3v) is 3.10. The van der Waals surface area contributed by atoms with Gasteiger partial charge in [-0.25, -0.2) is 0 Å². The standard InChI is InChI=1S/C15H13ClN2O2/c1-19-15-5-2-10(8-17)6-11(15)9-20-12-3-4-14(18)13(16)7-12/h2-7H,9,18H2,1H3. The van der Waals surface area contributed by atoms with Gasteiger partial charge in [0.25, 0.3) is 0 Å². The predicted octanol–water partition coefficient (Wildman–Crippen LogP) is 3.38. The summed E-state index contributed by atoms with van der Waals surface area (Å²) >= 11 is 5.93. The molecule has 0 fully saturated rings. The molecular weight excluding hydrogens is 276 g/mol. The highest BCUT2D eigenvalue weighted by molar-refractivity contribution is 6.33. The second kappa shape index (κ2) is 6.18. The first-order valence-electron chi connectivity index (χ1n) is 5.89. The SMILES string of the molecule is COc1ccc(C#N)cc1COc1ccc(N)c(Cl)c1. The monoisotopic (exact) mass is 288 g/mol. The molecule has 0 atom stereocenters. The quantitative estimate of drug-likeness (QED) is 0.876. The minimum Gasteiger partial charge on any atom is -0.496 e. The third kappa shape index (κ3) is 3.14. The Morgan fingerprint density at radius 3 is 2.70 bits per heavy atom. The molecular formula is C15H13ClN2O2. The molecule has 0 aliphatic carbocycles. The van der Waals surface area contributed by atoms with Crippen LogP contribution >= 0.6 is 11.6 Å². The molecule has 0 aliphatic rings. The van der Waals surface area contributed by atoms with Crippen LogP contribution in [-0.2, 0) is 6.61 Å². The average molecular weight is 289 g/mol. The van der Waals surface area contributed by atoms with Crippen LogP contribution in [-0.4, -0.2) is 7.11 Å². The van der Waals surface area contributed by atoms with E-state index in [1.54, 1.807) is 43.5 Å². The number of nitrogens with zero attached hydrogens (tertiary/aromatic N) is 1. The molecule has 2 aromatic carbocycles. The molecule has 0 unspecified atom stereocenters. The molecule has 0 heterocycles. The summed E-state index contributed by atoms with van der Waals surface area (Å²) in [7, 11) is 1.57. The van der Waals surface area contributed by atoms with E-state index in [1.165, 1.54) is 0 Å². The molecule has 102 valence electrons. The number of ether oxygens (including phenoxy) is 2. The van der Waals surface area contributed by atoms with Crippen molar-refractivity contribution < 1.29 is 9.47 Å². The third-order valence-electron chi connectivity index (χ3n) is 2.78. The van der Waals surface area contributed by atoms with E-state index in [9.17, 15) is 0 Å². The summed E-state index contributed by atoms with van der Waals surface area (Å²) in [5.74, 6) is 1.28. The van der Waals surface area contributed by atoms with Crippen LogP contribution in [0, 0.1) is 11.3 Å². The van der Waals surface area contributed by atoms with Gasteiger partial charge in [0.05, 0.1) is 29.5 Å². The first-order chi connectivity index (χ1) is 9.63. The summed E-state index contributed by atoms with van der Waals surface area (Å²) < 4.78 is 10.9. The van der Waals surface area contributed by atoms with Crippen molar-refractivity contribution in [1.82, 2.24) is 0 Å². The molecule has 2 rings (SSSR count). The van der Waals surface area contributed by atoms with E-state index < -0.39 is 0 Å². The van der Waals surface area contributed by atoms with E-state index in [-0.39, 0.29) is 6.61 Å². The second-order valence-corrected chi connectivity index (χ2v) is 4.52. The Labute approximate surface area is 122 Å². The van der Waals surface area contributed by atoms with Crippen molar-refractivity contribution >= 4 is 17.3 Å². The van der Waals surface area contributed by atoms with Gasteiger partial charge in [0, 0.05) is 11.6 Å². The van der Waals surface area contributed by atoms with Gasteiger partial charge >= 0.3 is 0 Å². The fraction of sp³-hybridized carbons (Fsp3) is 0.133. The molecule has 5 heteroatoms. The van der Waals surface area contributed by atoms with Crippen molar-refractivity contribution in [3.05, 3.63) is 52.5 Å². The Bertz CT molecular complexity index is 665. The Kier molecular flexibility index (Phi) is 4.34. The number of hydrogen-bond acceptors (Lipinski definition) is 4. The number of halogens is 1. The summed E-state index contributed by atoms with van der Waals surface area (Å²) in [4.78, 5) is 0. The van der Waals surface area contributed by atoms with Crippen LogP contribution in [0.1, 0.15) is 11.1 Å². The maximum absolute atomic E-state index is 8.91. The summed E-state index contributed by atoms with van der Waals surface area (Å²) in [6.45, 7) is 0.277. The minimum atomic E-state index is 0.277. The first kappa shape index (κ1) is 14.0. The highest BCUT2D eigenvalue weighted by atomic mass is 35.5. The van der Waals surface area contributed by atoms with Crippen LogP contribution < -0.4 is 15.2 Å². The van der Waals surface area contributed by atoms with Crippen LogP contribution in [0.5, 0.6) is 11.5 Å². The molecule has 0 saturated carbocycles. The first-order valence-corrected chi connectivity index (χ1v) is 6.26. The second-order valence-electron chi connectivity index (χ2n) is 4.11. The molecule has 0 aromatic heterocycles. The van der Waals surface area contributed by atoms with Gasteiger partial charge in [-0.2, -0.15) is 5.26 Å². The van der Waals surface area contributed by atoms with Crippen molar-refractivity contribution in [2.24, 2.45) is 0 Å². The average Bonchev–Trinajstić information content (AvgIpc) is 2.48. The Morgan fingerprint density at radius 1 is 1.25 bits per heavy atom. The maximum Gasteiger partial charge on any atom is 0.125 e. The fourth-order valence-corrected chi connectivity index (χ4v) is 1.89. The van der Waals surface area contributed by atoms with Crippen LogP contribution in [0.15, 0.2) is 36.4 Å². The Morgan fingerprint density at radius 2 is 2.05 bits per heavy atom. The number of benzene rings is 2. The number of anilines is 1. The van der Waals surface area contributed by atoms with Crippen LogP contribution in [0.3, 0.4) is 0 Å². The van der Waals surface area contributed by atoms with Crippen molar-refractivity contribution in [2.75, 3.05) is 12.8 Å². The minimum absolute atomic E-state index is 0.277. The van der Waals surface area contributed by atoms with Gasteiger partial charge in [-0.1, -0.05) is 11.6 Å². The number of nitriles is 1. The van der Waals surface area contributed by atoms with E-state index in [1.807, 2.05) is 0 Å². The number of hydrogen-bond donors (Lipinski definition) is 1. The lowest BCUT2D eigenvalue weighted by molar-refractivity contribution is 0.296. The number of rotatable bonds is 4. The highest BCUT2D eigenvalue weighted by Gasteiger charge is 2.06. The van der Waals surface area contributed by atoms with Crippen LogP contribution in [0.25, 0.3) is 0 Å². The van der Waals surface area contributed by atoms with Crippen LogP contribution in [0.2, 0.25) is 5.02 Å². The zero-order valence-corrected chi connectivity index (χ0v) is 11.6. The van der Waals surface area contributed by atoms with E-state index in [4.69, 9.17) is 32.1 Å². The molecule has 0 aliphatic heterocycles. The van der Waals surface area contributed by atoms with Crippen molar-refractivity contribution in [1.29, 1.82) is 5.26 Å². The van der Waals surface area contributed by atoms with Crippen LogP contribution in [0.4, 0.5) is 5.69 Å². The topological polar surface area (TPSA) is 68.3 Å². The van der Waals surface area contributed by atoms with Gasteiger partial charge in [0.15, 0.2) is 0 Å². The molecule has 0 bridgehead atoms. The van der Waals surface area contributed by atoms with E-state index in [0.29, 0.717) is 27.8 Å². The van der Waals surface area contributed by atoms with Gasteiger partial charge in [-0.3, -0.25) is 0 Å². The maximum atomic E-state index is 8.91. The molecule has 0 radical (unpaired) electrons. The smallest absolute Gasteiger partial charge is 0.125 e. The molecule has 0 spiro atoms. The van der Waals surface area contributed by atoms with E-state index in [0.717, 1.165) is 5.56 Å². The number of nitrogen functional groups attached to an aromatic ring is 1. The zero-order chi connectivity index (χ0) is 14.5. The molecule has 2 N–H and O–H groups in total. The van der Waals surface area contributed by atoms with E-state index in [2.05, 4.69) is 6.07 Å². The number of methoxy groups -OCH3 is 1. The van der Waals surface area contributed by atoms with Gasteiger partial charge in [-0.05, 0) is 30.3 Å². The summed E-state index contributed by atoms with van der Waals surface area (Å²) in [5, 5.41) is 9.36. The lowest BCUT2D eigenvalue weighted by atomic mass is 10.1. The largest absolute Gasteiger partial charge is 0.496 e. The van der Waals surface area contributed by atoms with E-state index >= 15 is 0 Å². The number of nitrogens with two attached hydrogens (primary N) is 1. The van der Waals surface area contributed by atoms with Crippen molar-refractivity contribution in [3.8, 4) is 17.6 Å². The Balaban J connectivity index is 2.17. The van der Waals surface area contributed by atoms with Crippen molar-refractivity contribution in [2.45, 2.75) is 6.61 Å². The summed E-state index contributed by atoms with van der Waals surface area (Å²) in [6, 6.07) is 12.3. The van der Waals surface area contributed by atoms with Crippen molar-refractivity contribution in [3.63, 3.8) is 0 Å². The van der Waals surface area contributed by atoms with Gasteiger partial charge in [0.1, 0.15) is 18.1 Å².